The fourth-order valence-electron chi connectivity index (χ4n) is 1.30. The number of likely N-dealkylation sites (N-methyl/N-ethyl adjacent to an activating group) is 1. The second kappa shape index (κ2) is 6.75. The molecular formula is C11H14N2O4S. The lowest BCUT2D eigenvalue weighted by atomic mass is 10.4. The zero-order valence-electron chi connectivity index (χ0n) is 9.88. The van der Waals surface area contributed by atoms with Crippen LogP contribution >= 0.6 is 11.3 Å². The van der Waals surface area contributed by atoms with Crippen molar-refractivity contribution in [1.29, 1.82) is 0 Å². The molecule has 0 aromatic carbocycles. The van der Waals surface area contributed by atoms with Gasteiger partial charge in [-0.3, -0.25) is 14.4 Å². The van der Waals surface area contributed by atoms with Gasteiger partial charge in [-0.05, 0) is 18.4 Å². The largest absolute Gasteiger partial charge is 0.480 e. The van der Waals surface area contributed by atoms with Crippen LogP contribution in [0.15, 0.2) is 17.5 Å². The molecule has 0 unspecified atom stereocenters. The summed E-state index contributed by atoms with van der Waals surface area (Å²) in [7, 11) is 0. The smallest absolute Gasteiger partial charge is 0.323 e. The number of thiophene rings is 1. The van der Waals surface area contributed by atoms with Crippen molar-refractivity contribution in [1.82, 2.24) is 10.2 Å². The third-order valence-corrected chi connectivity index (χ3v) is 3.07. The number of hydrogen-bond acceptors (Lipinski definition) is 4. The molecule has 0 bridgehead atoms. The Morgan fingerprint density at radius 1 is 1.44 bits per heavy atom. The topological polar surface area (TPSA) is 86.7 Å². The van der Waals surface area contributed by atoms with Gasteiger partial charge >= 0.3 is 5.97 Å². The number of carboxylic acids is 1. The normalized spacial score (nSPS) is 9.83. The number of nitrogens with zero attached hydrogens (tertiary/aromatic N) is 1. The van der Waals surface area contributed by atoms with E-state index in [0.717, 1.165) is 4.90 Å². The van der Waals surface area contributed by atoms with Gasteiger partial charge in [0.15, 0.2) is 0 Å². The fourth-order valence-corrected chi connectivity index (χ4v) is 1.94. The van der Waals surface area contributed by atoms with Gasteiger partial charge in [0.2, 0.25) is 5.91 Å². The average molecular weight is 270 g/mol. The Kier molecular flexibility index (Phi) is 5.31. The minimum absolute atomic E-state index is 0.197. The van der Waals surface area contributed by atoms with Crippen LogP contribution in [0.2, 0.25) is 0 Å². The molecule has 2 amide bonds. The van der Waals surface area contributed by atoms with Crippen LogP contribution in [0.1, 0.15) is 16.6 Å². The van der Waals surface area contributed by atoms with Crippen LogP contribution < -0.4 is 5.32 Å². The number of carbonyl (C=O) groups is 3. The number of carboxylic acid groups (broad SMARTS) is 1. The average Bonchev–Trinajstić information content (AvgIpc) is 2.86. The number of amides is 2. The summed E-state index contributed by atoms with van der Waals surface area (Å²) < 4.78 is 0. The first-order chi connectivity index (χ1) is 8.54. The molecule has 1 rings (SSSR count). The van der Waals surface area contributed by atoms with Gasteiger partial charge < -0.3 is 15.3 Å². The van der Waals surface area contributed by atoms with Gasteiger partial charge in [0.05, 0.1) is 11.4 Å². The van der Waals surface area contributed by atoms with Crippen LogP contribution in [0.25, 0.3) is 0 Å². The molecule has 0 fully saturated rings. The van der Waals surface area contributed by atoms with Gasteiger partial charge in [-0.15, -0.1) is 11.3 Å². The van der Waals surface area contributed by atoms with Gasteiger partial charge in [0.1, 0.15) is 6.54 Å². The van der Waals surface area contributed by atoms with Crippen molar-refractivity contribution in [3.05, 3.63) is 22.4 Å². The first-order valence-electron chi connectivity index (χ1n) is 5.35. The summed E-state index contributed by atoms with van der Waals surface area (Å²) in [6.45, 7) is 1.42. The van der Waals surface area contributed by atoms with Crippen molar-refractivity contribution >= 4 is 29.1 Å². The lowest BCUT2D eigenvalue weighted by Crippen LogP contribution is -2.42. The predicted octanol–water partition coefficient (Wildman–Crippen LogP) is 0.411. The van der Waals surface area contributed by atoms with Crippen LogP contribution in [-0.4, -0.2) is 47.4 Å². The van der Waals surface area contributed by atoms with E-state index < -0.39 is 11.9 Å². The van der Waals surface area contributed by atoms with Crippen LogP contribution in [0.5, 0.6) is 0 Å². The molecule has 0 saturated heterocycles. The minimum atomic E-state index is -1.07. The van der Waals surface area contributed by atoms with Crippen molar-refractivity contribution in [2.24, 2.45) is 0 Å². The number of carbonyl (C=O) groups excluding carboxylic acids is 2. The molecule has 0 spiro atoms. The molecule has 0 aliphatic heterocycles. The monoisotopic (exact) mass is 270 g/mol. The summed E-state index contributed by atoms with van der Waals surface area (Å²) in [6, 6.07) is 3.39. The molecule has 98 valence electrons. The van der Waals surface area contributed by atoms with Crippen molar-refractivity contribution in [3.63, 3.8) is 0 Å². The van der Waals surface area contributed by atoms with E-state index in [9.17, 15) is 14.4 Å². The van der Waals surface area contributed by atoms with Gasteiger partial charge in [-0.2, -0.15) is 0 Å². The van der Waals surface area contributed by atoms with E-state index in [1.807, 2.05) is 0 Å². The Morgan fingerprint density at radius 2 is 2.17 bits per heavy atom. The van der Waals surface area contributed by atoms with Gasteiger partial charge in [0, 0.05) is 6.54 Å². The maximum Gasteiger partial charge on any atom is 0.323 e. The summed E-state index contributed by atoms with van der Waals surface area (Å²) in [5, 5.41) is 12.8. The van der Waals surface area contributed by atoms with Gasteiger partial charge in [-0.1, -0.05) is 6.07 Å². The van der Waals surface area contributed by atoms with E-state index in [4.69, 9.17) is 5.11 Å². The van der Waals surface area contributed by atoms with Crippen LogP contribution in [-0.2, 0) is 9.59 Å². The highest BCUT2D eigenvalue weighted by atomic mass is 32.1. The highest BCUT2D eigenvalue weighted by Gasteiger charge is 2.16. The van der Waals surface area contributed by atoms with Crippen molar-refractivity contribution in [2.45, 2.75) is 6.92 Å². The number of nitrogens with one attached hydrogen (secondary N) is 1. The highest BCUT2D eigenvalue weighted by molar-refractivity contribution is 7.12. The van der Waals surface area contributed by atoms with E-state index in [1.54, 1.807) is 24.4 Å². The third kappa shape index (κ3) is 4.17. The van der Waals surface area contributed by atoms with Crippen LogP contribution in [0.3, 0.4) is 0 Å². The molecular weight excluding hydrogens is 256 g/mol. The van der Waals surface area contributed by atoms with Gasteiger partial charge in [-0.25, -0.2) is 0 Å². The molecule has 0 aliphatic rings. The molecule has 0 saturated carbocycles. The van der Waals surface area contributed by atoms with E-state index in [-0.39, 0.29) is 19.0 Å². The SMILES string of the molecule is CCN(CC(=O)O)C(=O)CNC(=O)c1cccs1. The lowest BCUT2D eigenvalue weighted by molar-refractivity contribution is -0.143. The molecule has 6 nitrogen and oxygen atoms in total. The number of aliphatic carboxylic acids is 1. The van der Waals surface area contributed by atoms with E-state index in [1.165, 1.54) is 11.3 Å². The molecule has 1 aromatic rings. The zero-order chi connectivity index (χ0) is 13.5. The number of hydrogen-bond donors (Lipinski definition) is 2. The maximum absolute atomic E-state index is 11.6. The summed E-state index contributed by atoms with van der Waals surface area (Å²) in [5.74, 6) is -1.82. The van der Waals surface area contributed by atoms with Crippen molar-refractivity contribution in [2.75, 3.05) is 19.6 Å². The minimum Gasteiger partial charge on any atom is -0.480 e. The third-order valence-electron chi connectivity index (χ3n) is 2.21. The highest BCUT2D eigenvalue weighted by Crippen LogP contribution is 2.07. The summed E-state index contributed by atoms with van der Waals surface area (Å²) >= 11 is 1.28. The lowest BCUT2D eigenvalue weighted by Gasteiger charge is -2.18. The molecule has 1 aromatic heterocycles. The Labute approximate surface area is 108 Å². The Balaban J connectivity index is 2.44. The van der Waals surface area contributed by atoms with E-state index in [2.05, 4.69) is 5.32 Å². The Morgan fingerprint density at radius 3 is 2.67 bits per heavy atom. The van der Waals surface area contributed by atoms with E-state index in [0.29, 0.717) is 11.4 Å². The maximum atomic E-state index is 11.6. The summed E-state index contributed by atoms with van der Waals surface area (Å²) in [4.78, 5) is 35.4. The molecule has 0 aliphatic carbocycles. The van der Waals surface area contributed by atoms with Crippen LogP contribution in [0.4, 0.5) is 0 Å². The first kappa shape index (κ1) is 14.2. The molecule has 0 radical (unpaired) electrons. The van der Waals surface area contributed by atoms with Gasteiger partial charge in [0.25, 0.3) is 5.91 Å². The quantitative estimate of drug-likeness (QED) is 0.784. The number of rotatable bonds is 6. The first-order valence-corrected chi connectivity index (χ1v) is 6.23. The second-order valence-corrected chi connectivity index (χ2v) is 4.41. The fraction of sp³-hybridized carbons (Fsp3) is 0.364. The van der Waals surface area contributed by atoms with Crippen LogP contribution in [0, 0.1) is 0 Å². The van der Waals surface area contributed by atoms with Crippen molar-refractivity contribution in [3.8, 4) is 0 Å². The van der Waals surface area contributed by atoms with E-state index >= 15 is 0 Å². The molecule has 2 N–H and O–H groups in total. The summed E-state index contributed by atoms with van der Waals surface area (Å²) in [5.41, 5.74) is 0. The Bertz CT molecular complexity index is 430. The molecule has 7 heteroatoms. The molecule has 18 heavy (non-hydrogen) atoms. The Hall–Kier alpha value is -1.89. The predicted molar refractivity (Wildman–Crippen MR) is 66.5 cm³/mol. The molecule has 1 heterocycles. The molecule has 0 atom stereocenters. The van der Waals surface area contributed by atoms with Crippen molar-refractivity contribution < 1.29 is 19.5 Å². The second-order valence-electron chi connectivity index (χ2n) is 3.46. The summed E-state index contributed by atoms with van der Waals surface area (Å²) in [6.07, 6.45) is 0. The standard InChI is InChI=1S/C11H14N2O4S/c1-2-13(7-10(15)16)9(14)6-12-11(17)8-4-3-5-18-8/h3-5H,2,6-7H2,1H3,(H,12,17)(H,15,16). The zero-order valence-corrected chi connectivity index (χ0v) is 10.7.